The van der Waals surface area contributed by atoms with Gasteiger partial charge in [0, 0.05) is 34.0 Å². The lowest BCUT2D eigenvalue weighted by Crippen LogP contribution is -2.30. The highest BCUT2D eigenvalue weighted by Crippen LogP contribution is 2.65. The third-order valence-electron chi connectivity index (χ3n) is 4.91. The first kappa shape index (κ1) is 23.9. The van der Waals surface area contributed by atoms with E-state index in [1.807, 2.05) is 0 Å². The van der Waals surface area contributed by atoms with Crippen molar-refractivity contribution in [3.05, 3.63) is 81.1 Å². The van der Waals surface area contributed by atoms with Crippen LogP contribution < -0.4 is 16.2 Å². The maximum absolute atomic E-state index is 12.9. The summed E-state index contributed by atoms with van der Waals surface area (Å²) in [6.07, 6.45) is 3.03. The molecular formula is C21H14Cl5N5O2. The van der Waals surface area contributed by atoms with Crippen LogP contribution in [0.15, 0.2) is 54.9 Å². The highest BCUT2D eigenvalue weighted by Gasteiger charge is 2.67. The number of amides is 2. The Morgan fingerprint density at radius 1 is 0.939 bits per heavy atom. The Bertz CT molecular complexity index is 1200. The van der Waals surface area contributed by atoms with Crippen LogP contribution in [0.5, 0.6) is 0 Å². The van der Waals surface area contributed by atoms with Gasteiger partial charge >= 0.3 is 0 Å². The molecule has 2 atom stereocenters. The van der Waals surface area contributed by atoms with Gasteiger partial charge in [0.05, 0.1) is 16.5 Å². The molecule has 3 N–H and O–H groups in total. The first-order chi connectivity index (χ1) is 15.7. The molecule has 3 aromatic rings. The second kappa shape index (κ2) is 9.52. The van der Waals surface area contributed by atoms with E-state index in [1.165, 1.54) is 24.5 Å². The first-order valence-electron chi connectivity index (χ1n) is 9.44. The molecule has 2 aromatic carbocycles. The van der Waals surface area contributed by atoms with Crippen LogP contribution in [0.25, 0.3) is 0 Å². The number of anilines is 2. The molecule has 0 radical (unpaired) electrons. The summed E-state index contributed by atoms with van der Waals surface area (Å²) in [5.41, 5.74) is 6.14. The van der Waals surface area contributed by atoms with Crippen molar-refractivity contribution in [2.24, 2.45) is 5.92 Å². The van der Waals surface area contributed by atoms with Crippen molar-refractivity contribution >= 4 is 81.5 Å². The van der Waals surface area contributed by atoms with E-state index < -0.39 is 28.0 Å². The number of hydrazine groups is 1. The molecule has 2 unspecified atom stereocenters. The van der Waals surface area contributed by atoms with Gasteiger partial charge in [-0.2, -0.15) is 0 Å². The van der Waals surface area contributed by atoms with Gasteiger partial charge in [0.25, 0.3) is 5.91 Å². The second-order valence-electron chi connectivity index (χ2n) is 7.17. The monoisotopic (exact) mass is 543 g/mol. The van der Waals surface area contributed by atoms with Crippen molar-refractivity contribution in [2.45, 2.75) is 10.3 Å². The SMILES string of the molecule is O=C(NNc1ncccn1)c1cc(NC(=O)C2C(c3cc(Cl)cc(Cl)c3)C2(Cl)Cl)ccc1Cl. The zero-order chi connectivity index (χ0) is 23.8. The first-order valence-corrected chi connectivity index (χ1v) is 11.3. The number of carbonyl (C=O) groups excluding carboxylic acids is 2. The van der Waals surface area contributed by atoms with Gasteiger partial charge in [-0.1, -0.05) is 34.8 Å². The average Bonchev–Trinajstić information content (AvgIpc) is 3.35. The third-order valence-corrected chi connectivity index (χ3v) is 6.62. The molecule has 1 heterocycles. The Balaban J connectivity index is 1.46. The summed E-state index contributed by atoms with van der Waals surface area (Å²) in [4.78, 5) is 33.3. The topological polar surface area (TPSA) is 96.0 Å². The molecule has 0 bridgehead atoms. The van der Waals surface area contributed by atoms with Gasteiger partial charge in [-0.05, 0) is 48.0 Å². The van der Waals surface area contributed by atoms with Gasteiger partial charge in [-0.15, -0.1) is 23.2 Å². The zero-order valence-corrected chi connectivity index (χ0v) is 20.2. The number of halogens is 5. The van der Waals surface area contributed by atoms with Crippen LogP contribution >= 0.6 is 58.0 Å². The Morgan fingerprint density at radius 3 is 2.27 bits per heavy atom. The lowest BCUT2D eigenvalue weighted by molar-refractivity contribution is -0.117. The predicted octanol–water partition coefficient (Wildman–Crippen LogP) is 5.72. The summed E-state index contributed by atoms with van der Waals surface area (Å²) < 4.78 is -1.33. The van der Waals surface area contributed by atoms with Crippen molar-refractivity contribution in [3.8, 4) is 0 Å². The molecule has 0 saturated heterocycles. The Kier molecular flexibility index (Phi) is 6.88. The fraction of sp³-hybridized carbons (Fsp3) is 0.143. The van der Waals surface area contributed by atoms with Gasteiger partial charge in [0.1, 0.15) is 4.33 Å². The van der Waals surface area contributed by atoms with E-state index in [-0.39, 0.29) is 16.5 Å². The van der Waals surface area contributed by atoms with Crippen LogP contribution in [-0.2, 0) is 4.79 Å². The van der Waals surface area contributed by atoms with E-state index in [9.17, 15) is 9.59 Å². The molecule has 12 heteroatoms. The van der Waals surface area contributed by atoms with Crippen molar-refractivity contribution in [3.63, 3.8) is 0 Å². The minimum absolute atomic E-state index is 0.120. The van der Waals surface area contributed by atoms with Crippen molar-refractivity contribution in [1.29, 1.82) is 0 Å². The number of hydrogen-bond donors (Lipinski definition) is 3. The van der Waals surface area contributed by atoms with Crippen LogP contribution in [0, 0.1) is 5.92 Å². The maximum Gasteiger partial charge on any atom is 0.271 e. The predicted molar refractivity (Wildman–Crippen MR) is 130 cm³/mol. The smallest absolute Gasteiger partial charge is 0.271 e. The van der Waals surface area contributed by atoms with Gasteiger partial charge in [-0.3, -0.25) is 20.4 Å². The molecule has 7 nitrogen and oxygen atoms in total. The Morgan fingerprint density at radius 2 is 1.61 bits per heavy atom. The van der Waals surface area contributed by atoms with E-state index in [2.05, 4.69) is 26.1 Å². The molecule has 4 rings (SSSR count). The molecule has 1 fully saturated rings. The summed E-state index contributed by atoms with van der Waals surface area (Å²) in [5, 5.41) is 3.74. The van der Waals surface area contributed by atoms with Crippen LogP contribution in [0.4, 0.5) is 11.6 Å². The van der Waals surface area contributed by atoms with E-state index >= 15 is 0 Å². The van der Waals surface area contributed by atoms with E-state index in [0.717, 1.165) is 0 Å². The van der Waals surface area contributed by atoms with Gasteiger partial charge in [0.2, 0.25) is 11.9 Å². The molecule has 2 amide bonds. The number of nitrogens with one attached hydrogen (secondary N) is 3. The molecular weight excluding hydrogens is 532 g/mol. The van der Waals surface area contributed by atoms with Crippen LogP contribution in [0.1, 0.15) is 21.8 Å². The van der Waals surface area contributed by atoms with Crippen molar-refractivity contribution in [2.75, 3.05) is 10.7 Å². The molecule has 33 heavy (non-hydrogen) atoms. The van der Waals surface area contributed by atoms with Gasteiger partial charge in [0.15, 0.2) is 0 Å². The van der Waals surface area contributed by atoms with Crippen LogP contribution in [-0.4, -0.2) is 26.1 Å². The molecule has 1 aliphatic rings. The van der Waals surface area contributed by atoms with E-state index in [4.69, 9.17) is 58.0 Å². The third kappa shape index (κ3) is 5.28. The van der Waals surface area contributed by atoms with Crippen molar-refractivity contribution in [1.82, 2.24) is 15.4 Å². The maximum atomic E-state index is 12.9. The minimum atomic E-state index is -1.33. The fourth-order valence-electron chi connectivity index (χ4n) is 3.36. The van der Waals surface area contributed by atoms with Crippen LogP contribution in [0.2, 0.25) is 15.1 Å². The number of aromatic nitrogens is 2. The van der Waals surface area contributed by atoms with Crippen molar-refractivity contribution < 1.29 is 9.59 Å². The fourth-order valence-corrected chi connectivity index (χ4v) is 4.94. The van der Waals surface area contributed by atoms with E-state index in [1.54, 1.807) is 30.3 Å². The lowest BCUT2D eigenvalue weighted by Gasteiger charge is -2.11. The van der Waals surface area contributed by atoms with Gasteiger partial charge in [-0.25, -0.2) is 9.97 Å². The molecule has 1 aliphatic carbocycles. The van der Waals surface area contributed by atoms with Gasteiger partial charge < -0.3 is 5.32 Å². The van der Waals surface area contributed by atoms with Crippen LogP contribution in [0.3, 0.4) is 0 Å². The molecule has 1 saturated carbocycles. The Hall–Kier alpha value is -2.29. The summed E-state index contributed by atoms with van der Waals surface area (Å²) in [6.45, 7) is 0. The number of carbonyl (C=O) groups is 2. The number of alkyl halides is 2. The molecule has 170 valence electrons. The molecule has 0 aliphatic heterocycles. The quantitative estimate of drug-likeness (QED) is 0.272. The lowest BCUT2D eigenvalue weighted by atomic mass is 10.1. The minimum Gasteiger partial charge on any atom is -0.326 e. The summed E-state index contributed by atoms with van der Waals surface area (Å²) >= 11 is 31.1. The zero-order valence-electron chi connectivity index (χ0n) is 16.5. The summed E-state index contributed by atoms with van der Waals surface area (Å²) in [6, 6.07) is 11.0. The number of hydrogen-bond acceptors (Lipinski definition) is 5. The average molecular weight is 546 g/mol. The summed E-state index contributed by atoms with van der Waals surface area (Å²) in [7, 11) is 0. The Labute approximate surface area is 213 Å². The van der Waals surface area contributed by atoms with E-state index in [0.29, 0.717) is 21.3 Å². The second-order valence-corrected chi connectivity index (χ2v) is 9.89. The number of benzene rings is 2. The molecule has 1 aromatic heterocycles. The molecule has 0 spiro atoms. The normalized spacial score (nSPS) is 18.3. The highest BCUT2D eigenvalue weighted by molar-refractivity contribution is 6.53. The largest absolute Gasteiger partial charge is 0.326 e. The standard InChI is InChI=1S/C21H14Cl5N5O2/c22-11-6-10(7-12(23)8-11)16-17(21(16,25)26)19(33)29-13-2-3-15(24)14(9-13)18(32)30-31-20-27-4-1-5-28-20/h1-9,16-17H,(H,29,33)(H,30,32)(H,27,28,31). The highest BCUT2D eigenvalue weighted by atomic mass is 35.5. The number of nitrogens with zero attached hydrogens (tertiary/aromatic N) is 2. The number of rotatable bonds is 6. The summed E-state index contributed by atoms with van der Waals surface area (Å²) in [5.74, 6) is -2.02.